The van der Waals surface area contributed by atoms with E-state index in [4.69, 9.17) is 11.5 Å². The minimum absolute atomic E-state index is 0. The quantitative estimate of drug-likeness (QED) is 0.222. The van der Waals surface area contributed by atoms with Gasteiger partial charge in [-0.2, -0.15) is 0 Å². The molecule has 0 saturated carbocycles. The van der Waals surface area contributed by atoms with Crippen molar-refractivity contribution in [3.63, 3.8) is 0 Å². The van der Waals surface area contributed by atoms with E-state index in [-0.39, 0.29) is 72.0 Å². The third-order valence-corrected chi connectivity index (χ3v) is 1.95. The molecule has 0 aliphatic heterocycles. The molecule has 0 aliphatic rings. The van der Waals surface area contributed by atoms with Crippen molar-refractivity contribution >= 4 is 83.0 Å². The van der Waals surface area contributed by atoms with Gasteiger partial charge in [0.25, 0.3) is 0 Å². The second-order valence-electron chi connectivity index (χ2n) is 3.70. The fourth-order valence-electron chi connectivity index (χ4n) is 1.02. The molecule has 116 valence electrons. The second-order valence-corrected chi connectivity index (χ2v) is 3.70. The number of esters is 4. The Morgan fingerprint density at radius 1 is 0.727 bits per heavy atom. The molecule has 0 bridgehead atoms. The van der Waals surface area contributed by atoms with E-state index >= 15 is 0 Å². The zero-order valence-corrected chi connectivity index (χ0v) is 11.0. The van der Waals surface area contributed by atoms with Crippen molar-refractivity contribution in [3.05, 3.63) is 12.2 Å². The fraction of sp³-hybridized carbons (Fsp3) is 0.500. The normalized spacial score (nSPS) is 9.36. The Bertz CT molecular complexity index is 365. The number of rotatable bonds is 8. The maximum atomic E-state index is 11.1. The summed E-state index contributed by atoms with van der Waals surface area (Å²) in [5.41, 5.74) is 10.4. The van der Waals surface area contributed by atoms with Crippen molar-refractivity contribution < 1.29 is 28.7 Å². The zero-order chi connectivity index (χ0) is 15.4. The van der Waals surface area contributed by atoms with Gasteiger partial charge in [-0.25, -0.2) is 9.59 Å². The fourth-order valence-corrected chi connectivity index (χ4v) is 1.02. The number of hydrogen-bond donors (Lipinski definition) is 2. The second kappa shape index (κ2) is 17.3. The van der Waals surface area contributed by atoms with E-state index in [1.807, 2.05) is 0 Å². The summed E-state index contributed by atoms with van der Waals surface area (Å²) >= 11 is 0. The molecule has 0 spiro atoms. The predicted molar refractivity (Wildman–Crippen MR) is 82.2 cm³/mol. The predicted octanol–water partition coefficient (Wildman–Crippen LogP) is -2.14. The van der Waals surface area contributed by atoms with E-state index in [9.17, 15) is 19.2 Å². The average Bonchev–Trinajstić information content (AvgIpc) is 2.40. The van der Waals surface area contributed by atoms with Crippen LogP contribution in [-0.4, -0.2) is 96.1 Å². The first-order valence-electron chi connectivity index (χ1n) is 6.07. The summed E-state index contributed by atoms with van der Waals surface area (Å²) in [7, 11) is 0. The minimum atomic E-state index is -1.02. The maximum absolute atomic E-state index is 11.1. The van der Waals surface area contributed by atoms with Crippen LogP contribution >= 0.6 is 0 Å². The van der Waals surface area contributed by atoms with Gasteiger partial charge in [-0.15, -0.1) is 0 Å². The summed E-state index contributed by atoms with van der Waals surface area (Å²) in [5.74, 6) is -3.51. The van der Waals surface area contributed by atoms with Crippen molar-refractivity contribution in [2.75, 3.05) is 13.1 Å². The van der Waals surface area contributed by atoms with Gasteiger partial charge in [0.1, 0.15) is 0 Å². The molecular weight excluding hydrogens is 314 g/mol. The van der Waals surface area contributed by atoms with Crippen LogP contribution in [0, 0.1) is 0 Å². The van der Waals surface area contributed by atoms with Gasteiger partial charge < -0.3 is 20.9 Å². The Morgan fingerprint density at radius 3 is 1.32 bits per heavy atom. The van der Waals surface area contributed by atoms with Gasteiger partial charge >= 0.3 is 83.0 Å². The van der Waals surface area contributed by atoms with Crippen LogP contribution in [0.3, 0.4) is 0 Å². The van der Waals surface area contributed by atoms with Gasteiger partial charge in [0, 0.05) is 25.0 Å². The van der Waals surface area contributed by atoms with Crippen LogP contribution in [0.2, 0.25) is 0 Å². The summed E-state index contributed by atoms with van der Waals surface area (Å²) in [5, 5.41) is 0. The third kappa shape index (κ3) is 16.3. The van der Waals surface area contributed by atoms with Crippen LogP contribution < -0.4 is 11.5 Å². The number of ether oxygens (including phenoxy) is 2. The molecule has 0 aromatic carbocycles. The Kier molecular flexibility index (Phi) is 21.1. The molecule has 0 aromatic rings. The van der Waals surface area contributed by atoms with E-state index in [1.165, 1.54) is 0 Å². The first-order valence-corrected chi connectivity index (χ1v) is 6.07. The van der Waals surface area contributed by atoms with E-state index in [0.29, 0.717) is 38.1 Å². The number of carbonyl (C=O) groups is 4. The number of hydrogen-bond acceptors (Lipinski definition) is 8. The molecule has 0 aliphatic carbocycles. The zero-order valence-electron chi connectivity index (χ0n) is 11.0. The molecule has 0 radical (unpaired) electrons. The summed E-state index contributed by atoms with van der Waals surface area (Å²) < 4.78 is 8.69. The molecule has 0 saturated heterocycles. The molecule has 0 fully saturated rings. The van der Waals surface area contributed by atoms with Crippen molar-refractivity contribution in [3.8, 4) is 0 Å². The van der Waals surface area contributed by atoms with Gasteiger partial charge in [-0.1, -0.05) is 0 Å². The molecule has 0 heterocycles. The Labute approximate surface area is 172 Å². The molecule has 0 aromatic heterocycles. The average molecular weight is 334 g/mol. The molecular formula is C12H20N2Na2O6. The summed E-state index contributed by atoms with van der Waals surface area (Å²) in [6.45, 7) is 0.604. The van der Waals surface area contributed by atoms with E-state index in [0.717, 1.165) is 0 Å². The van der Waals surface area contributed by atoms with E-state index in [1.54, 1.807) is 0 Å². The number of nitrogens with two attached hydrogens (primary N) is 2. The van der Waals surface area contributed by atoms with Gasteiger partial charge in [0.15, 0.2) is 0 Å². The van der Waals surface area contributed by atoms with Gasteiger partial charge in [-0.05, 0) is 25.9 Å². The Hall–Kier alpha value is -0.0600. The van der Waals surface area contributed by atoms with E-state index < -0.39 is 23.9 Å². The molecule has 10 heteroatoms. The van der Waals surface area contributed by atoms with Crippen LogP contribution in [-0.2, 0) is 28.7 Å². The van der Waals surface area contributed by atoms with Crippen LogP contribution in [0.4, 0.5) is 0 Å². The summed E-state index contributed by atoms with van der Waals surface area (Å²) in [4.78, 5) is 44.3. The van der Waals surface area contributed by atoms with Crippen LogP contribution in [0.15, 0.2) is 12.2 Å². The van der Waals surface area contributed by atoms with Crippen LogP contribution in [0.1, 0.15) is 25.7 Å². The van der Waals surface area contributed by atoms with Crippen molar-refractivity contribution in [1.82, 2.24) is 0 Å². The topological polar surface area (TPSA) is 139 Å². The van der Waals surface area contributed by atoms with Crippen molar-refractivity contribution in [2.24, 2.45) is 11.5 Å². The Balaban J connectivity index is -0.00000180. The monoisotopic (exact) mass is 334 g/mol. The molecule has 0 atom stereocenters. The van der Waals surface area contributed by atoms with Crippen molar-refractivity contribution in [1.29, 1.82) is 0 Å². The Morgan fingerprint density at radius 2 is 1.05 bits per heavy atom. The molecule has 22 heavy (non-hydrogen) atoms. The van der Waals surface area contributed by atoms with Crippen LogP contribution in [0.25, 0.3) is 0 Å². The summed E-state index contributed by atoms with van der Waals surface area (Å²) in [6, 6.07) is 0. The molecule has 0 unspecified atom stereocenters. The molecule has 8 nitrogen and oxygen atoms in total. The molecule has 0 rings (SSSR count). The van der Waals surface area contributed by atoms with Gasteiger partial charge in [-0.3, -0.25) is 9.59 Å². The van der Waals surface area contributed by atoms with E-state index in [2.05, 4.69) is 9.47 Å². The first-order chi connectivity index (χ1) is 9.49. The SMILES string of the molecule is NCCCC(=O)OC(=O)/C=C/C(=O)OC(=O)CCCN.[NaH].[NaH]. The summed E-state index contributed by atoms with van der Waals surface area (Å²) in [6.07, 6.45) is 2.23. The number of carbonyl (C=O) groups excluding carboxylic acids is 4. The first kappa shape index (κ1) is 26.8. The molecule has 4 N–H and O–H groups in total. The van der Waals surface area contributed by atoms with Gasteiger partial charge in [0.2, 0.25) is 0 Å². The van der Waals surface area contributed by atoms with Crippen LogP contribution in [0.5, 0.6) is 0 Å². The third-order valence-electron chi connectivity index (χ3n) is 1.95. The molecule has 0 amide bonds. The van der Waals surface area contributed by atoms with Gasteiger partial charge in [0.05, 0.1) is 0 Å². The standard InChI is InChI=1S/C12H18N2O6.2Na.2H/c13-7-1-3-9(15)19-11(17)5-6-12(18)20-10(16)4-2-8-14;;;;/h5-6H,1-4,7-8,13-14H2;;;;/b6-5+;;;;. The van der Waals surface area contributed by atoms with Crippen molar-refractivity contribution in [2.45, 2.75) is 25.7 Å².